The molecule has 0 bridgehead atoms. The number of hydrogen-bond acceptors (Lipinski definition) is 3. The van der Waals surface area contributed by atoms with Gasteiger partial charge in [0.15, 0.2) is 0 Å². The standard InChI is InChI=1S/C23H23ClF3N3O3/c1-2-3-10-30-13-15(11-20(30)31)22(33)28-17-7-4-14(5-8-17)21(32)29-19-12-16(23(25,26)27)6-9-18(19)24/h4-9,12,15H,2-3,10-11,13H2,1H3,(H,28,33)(H,29,32). The van der Waals surface area contributed by atoms with Crippen molar-refractivity contribution < 1.29 is 27.6 Å². The van der Waals surface area contributed by atoms with Crippen molar-refractivity contribution in [3.63, 3.8) is 0 Å². The van der Waals surface area contributed by atoms with Gasteiger partial charge in [-0.1, -0.05) is 24.9 Å². The van der Waals surface area contributed by atoms with Gasteiger partial charge in [0.2, 0.25) is 11.8 Å². The molecule has 1 aliphatic heterocycles. The number of carbonyl (C=O) groups excluding carboxylic acids is 3. The molecular formula is C23H23ClF3N3O3. The first-order valence-electron chi connectivity index (χ1n) is 10.4. The second kappa shape index (κ2) is 10.2. The van der Waals surface area contributed by atoms with Crippen LogP contribution in [0.1, 0.15) is 42.1 Å². The van der Waals surface area contributed by atoms with Crippen molar-refractivity contribution in [1.29, 1.82) is 0 Å². The van der Waals surface area contributed by atoms with Gasteiger partial charge in [-0.3, -0.25) is 14.4 Å². The van der Waals surface area contributed by atoms with Crippen molar-refractivity contribution in [2.45, 2.75) is 32.4 Å². The number of alkyl halides is 3. The van der Waals surface area contributed by atoms with E-state index in [9.17, 15) is 27.6 Å². The van der Waals surface area contributed by atoms with E-state index in [1.807, 2.05) is 6.92 Å². The second-order valence-electron chi connectivity index (χ2n) is 7.81. The predicted octanol–water partition coefficient (Wildman–Crippen LogP) is 5.20. The molecule has 0 saturated carbocycles. The lowest BCUT2D eigenvalue weighted by atomic mass is 10.1. The first-order valence-corrected chi connectivity index (χ1v) is 10.8. The molecule has 0 radical (unpaired) electrons. The molecule has 3 rings (SSSR count). The third kappa shape index (κ3) is 6.25. The minimum atomic E-state index is -4.57. The molecular weight excluding hydrogens is 459 g/mol. The van der Waals surface area contributed by atoms with Gasteiger partial charge >= 0.3 is 6.18 Å². The molecule has 2 aromatic carbocycles. The van der Waals surface area contributed by atoms with E-state index in [4.69, 9.17) is 11.6 Å². The molecule has 176 valence electrons. The Morgan fingerprint density at radius 2 is 1.82 bits per heavy atom. The van der Waals surface area contributed by atoms with Gasteiger partial charge in [0.05, 0.1) is 22.2 Å². The maximum Gasteiger partial charge on any atom is 0.416 e. The number of likely N-dealkylation sites (tertiary alicyclic amines) is 1. The normalized spacial score (nSPS) is 16.1. The van der Waals surface area contributed by atoms with Crippen LogP contribution in [-0.4, -0.2) is 35.7 Å². The Kier molecular flexibility index (Phi) is 7.63. The number of nitrogens with one attached hydrogen (secondary N) is 2. The van der Waals surface area contributed by atoms with Crippen LogP contribution in [0.3, 0.4) is 0 Å². The molecule has 1 fully saturated rings. The lowest BCUT2D eigenvalue weighted by Gasteiger charge is -2.16. The van der Waals surface area contributed by atoms with Gasteiger partial charge < -0.3 is 15.5 Å². The average molecular weight is 482 g/mol. The van der Waals surface area contributed by atoms with Gasteiger partial charge in [0.25, 0.3) is 5.91 Å². The zero-order chi connectivity index (χ0) is 24.2. The van der Waals surface area contributed by atoms with Crippen LogP contribution in [0.2, 0.25) is 5.02 Å². The topological polar surface area (TPSA) is 78.5 Å². The van der Waals surface area contributed by atoms with E-state index in [1.165, 1.54) is 24.3 Å². The summed E-state index contributed by atoms with van der Waals surface area (Å²) in [6.45, 7) is 3.05. The zero-order valence-corrected chi connectivity index (χ0v) is 18.6. The zero-order valence-electron chi connectivity index (χ0n) is 17.8. The molecule has 1 unspecified atom stereocenters. The molecule has 2 N–H and O–H groups in total. The number of amides is 3. The van der Waals surface area contributed by atoms with Gasteiger partial charge in [0, 0.05) is 30.8 Å². The van der Waals surface area contributed by atoms with Gasteiger partial charge in [0.1, 0.15) is 0 Å². The van der Waals surface area contributed by atoms with E-state index in [-0.39, 0.29) is 34.5 Å². The monoisotopic (exact) mass is 481 g/mol. The summed E-state index contributed by atoms with van der Waals surface area (Å²) < 4.78 is 38.7. The molecule has 6 nitrogen and oxygen atoms in total. The number of unbranched alkanes of at least 4 members (excludes halogenated alkanes) is 1. The molecule has 3 amide bonds. The molecule has 0 aromatic heterocycles. The molecule has 10 heteroatoms. The van der Waals surface area contributed by atoms with Crippen LogP contribution < -0.4 is 10.6 Å². The van der Waals surface area contributed by atoms with Crippen LogP contribution >= 0.6 is 11.6 Å². The fourth-order valence-electron chi connectivity index (χ4n) is 3.45. The summed E-state index contributed by atoms with van der Waals surface area (Å²) in [4.78, 5) is 38.7. The van der Waals surface area contributed by atoms with Crippen molar-refractivity contribution >= 4 is 40.7 Å². The van der Waals surface area contributed by atoms with Gasteiger partial charge in [-0.05, 0) is 48.9 Å². The molecule has 33 heavy (non-hydrogen) atoms. The molecule has 1 atom stereocenters. The number of anilines is 2. The summed E-state index contributed by atoms with van der Waals surface area (Å²) in [5, 5.41) is 5.08. The largest absolute Gasteiger partial charge is 0.416 e. The third-order valence-corrected chi connectivity index (χ3v) is 5.65. The Bertz CT molecular complexity index is 1040. The summed E-state index contributed by atoms with van der Waals surface area (Å²) in [5.41, 5.74) is -0.484. The van der Waals surface area contributed by atoms with Crippen LogP contribution in [-0.2, 0) is 15.8 Å². The second-order valence-corrected chi connectivity index (χ2v) is 8.21. The molecule has 2 aromatic rings. The number of carbonyl (C=O) groups is 3. The Labute approximate surface area is 194 Å². The van der Waals surface area contributed by atoms with Crippen LogP contribution in [0.4, 0.5) is 24.5 Å². The minimum Gasteiger partial charge on any atom is -0.342 e. The Morgan fingerprint density at radius 3 is 2.45 bits per heavy atom. The minimum absolute atomic E-state index is 0.0284. The van der Waals surface area contributed by atoms with E-state index in [1.54, 1.807) is 4.90 Å². The molecule has 0 aliphatic carbocycles. The molecule has 1 aliphatic rings. The third-order valence-electron chi connectivity index (χ3n) is 5.32. The smallest absolute Gasteiger partial charge is 0.342 e. The number of nitrogens with zero attached hydrogens (tertiary/aromatic N) is 1. The van der Waals surface area contributed by atoms with Crippen LogP contribution in [0.5, 0.6) is 0 Å². The fraction of sp³-hybridized carbons (Fsp3) is 0.348. The van der Waals surface area contributed by atoms with Crippen molar-refractivity contribution in [3.8, 4) is 0 Å². The number of hydrogen-bond donors (Lipinski definition) is 2. The maximum absolute atomic E-state index is 12.9. The highest BCUT2D eigenvalue weighted by Gasteiger charge is 2.34. The summed E-state index contributed by atoms with van der Waals surface area (Å²) in [6.07, 6.45) is -2.56. The Hall–Kier alpha value is -3.07. The van der Waals surface area contributed by atoms with Crippen LogP contribution in [0.25, 0.3) is 0 Å². The first kappa shape index (κ1) is 24.6. The highest BCUT2D eigenvalue weighted by molar-refractivity contribution is 6.34. The Balaban J connectivity index is 1.61. The SMILES string of the molecule is CCCCN1CC(C(=O)Nc2ccc(C(=O)Nc3cc(C(F)(F)F)ccc3Cl)cc2)CC1=O. The summed E-state index contributed by atoms with van der Waals surface area (Å²) in [7, 11) is 0. The van der Waals surface area contributed by atoms with E-state index in [0.29, 0.717) is 18.8 Å². The first-order chi connectivity index (χ1) is 15.6. The number of rotatable bonds is 7. The maximum atomic E-state index is 12.9. The van der Waals surface area contributed by atoms with E-state index >= 15 is 0 Å². The van der Waals surface area contributed by atoms with E-state index in [0.717, 1.165) is 31.0 Å². The number of benzene rings is 2. The average Bonchev–Trinajstić information content (AvgIpc) is 3.14. The van der Waals surface area contributed by atoms with Crippen molar-refractivity contribution in [2.24, 2.45) is 5.92 Å². The van der Waals surface area contributed by atoms with Gasteiger partial charge in [-0.15, -0.1) is 0 Å². The quantitative estimate of drug-likeness (QED) is 0.570. The van der Waals surface area contributed by atoms with E-state index < -0.39 is 23.6 Å². The lowest BCUT2D eigenvalue weighted by molar-refractivity contribution is -0.137. The van der Waals surface area contributed by atoms with Crippen molar-refractivity contribution in [1.82, 2.24) is 4.90 Å². The van der Waals surface area contributed by atoms with Crippen molar-refractivity contribution in [2.75, 3.05) is 23.7 Å². The highest BCUT2D eigenvalue weighted by atomic mass is 35.5. The van der Waals surface area contributed by atoms with Gasteiger partial charge in [-0.25, -0.2) is 0 Å². The predicted molar refractivity (Wildman–Crippen MR) is 119 cm³/mol. The summed E-state index contributed by atoms with van der Waals surface area (Å²) >= 11 is 5.91. The molecule has 1 saturated heterocycles. The molecule has 0 spiro atoms. The summed E-state index contributed by atoms with van der Waals surface area (Å²) in [5.74, 6) is -1.42. The van der Waals surface area contributed by atoms with Crippen LogP contribution in [0.15, 0.2) is 42.5 Å². The van der Waals surface area contributed by atoms with Crippen molar-refractivity contribution in [3.05, 3.63) is 58.6 Å². The molecule has 1 heterocycles. The van der Waals surface area contributed by atoms with Gasteiger partial charge in [-0.2, -0.15) is 13.2 Å². The number of halogens is 4. The summed E-state index contributed by atoms with van der Waals surface area (Å²) in [6, 6.07) is 8.53. The van der Waals surface area contributed by atoms with Crippen LogP contribution in [0, 0.1) is 5.92 Å². The fourth-order valence-corrected chi connectivity index (χ4v) is 3.62. The lowest BCUT2D eigenvalue weighted by Crippen LogP contribution is -2.29. The highest BCUT2D eigenvalue weighted by Crippen LogP contribution is 2.34. The van der Waals surface area contributed by atoms with E-state index in [2.05, 4.69) is 10.6 Å². The Morgan fingerprint density at radius 1 is 1.12 bits per heavy atom.